The Balaban J connectivity index is 1.79. The third-order valence-corrected chi connectivity index (χ3v) is 3.28. The first-order valence-corrected chi connectivity index (χ1v) is 6.47. The van der Waals surface area contributed by atoms with E-state index in [1.165, 1.54) is 0 Å². The van der Waals surface area contributed by atoms with Crippen LogP contribution >= 0.6 is 0 Å². The van der Waals surface area contributed by atoms with E-state index >= 15 is 0 Å². The number of hydrogen-bond donors (Lipinski definition) is 1. The van der Waals surface area contributed by atoms with Gasteiger partial charge in [0, 0.05) is 24.8 Å². The maximum absolute atomic E-state index is 5.93. The summed E-state index contributed by atoms with van der Waals surface area (Å²) >= 11 is 0. The van der Waals surface area contributed by atoms with E-state index in [9.17, 15) is 0 Å². The highest BCUT2D eigenvalue weighted by Gasteiger charge is 2.31. The van der Waals surface area contributed by atoms with Crippen molar-refractivity contribution in [1.82, 2.24) is 10.3 Å². The van der Waals surface area contributed by atoms with Crippen molar-refractivity contribution in [2.24, 2.45) is 0 Å². The number of methoxy groups -OCH3 is 1. The van der Waals surface area contributed by atoms with Gasteiger partial charge >= 0.3 is 0 Å². The largest absolute Gasteiger partial charge is 0.481 e. The smallest absolute Gasteiger partial charge is 0.217 e. The Morgan fingerprint density at radius 1 is 1.56 bits per heavy atom. The van der Waals surface area contributed by atoms with Crippen LogP contribution in [0, 0.1) is 0 Å². The fourth-order valence-corrected chi connectivity index (χ4v) is 2.33. The molecule has 0 saturated carbocycles. The van der Waals surface area contributed by atoms with Gasteiger partial charge in [0.1, 0.15) is 0 Å². The first-order chi connectivity index (χ1) is 8.61. The van der Waals surface area contributed by atoms with Crippen LogP contribution in [0.25, 0.3) is 0 Å². The summed E-state index contributed by atoms with van der Waals surface area (Å²) < 4.78 is 11.2. The molecule has 0 radical (unpaired) electrons. The quantitative estimate of drug-likeness (QED) is 0.869. The van der Waals surface area contributed by atoms with Crippen LogP contribution < -0.4 is 10.1 Å². The second kappa shape index (κ2) is 5.67. The average Bonchev–Trinajstić information content (AvgIpc) is 2.69. The fraction of sp³-hybridized carbons (Fsp3) is 0.643. The van der Waals surface area contributed by atoms with Gasteiger partial charge in [0.25, 0.3) is 0 Å². The van der Waals surface area contributed by atoms with Crippen molar-refractivity contribution in [3.63, 3.8) is 0 Å². The molecular formula is C14H22N2O2. The molecule has 0 bridgehead atoms. The lowest BCUT2D eigenvalue weighted by molar-refractivity contribution is -0.0143. The molecule has 1 fully saturated rings. The molecule has 1 saturated heterocycles. The summed E-state index contributed by atoms with van der Waals surface area (Å²) in [4.78, 5) is 4.18. The summed E-state index contributed by atoms with van der Waals surface area (Å²) in [5, 5.41) is 3.41. The summed E-state index contributed by atoms with van der Waals surface area (Å²) in [6.07, 6.45) is 4.33. The monoisotopic (exact) mass is 250 g/mol. The van der Waals surface area contributed by atoms with Gasteiger partial charge in [-0.05, 0) is 32.8 Å². The van der Waals surface area contributed by atoms with E-state index in [1.54, 1.807) is 13.3 Å². The number of hydrogen-bond acceptors (Lipinski definition) is 4. The van der Waals surface area contributed by atoms with Crippen LogP contribution in [0.4, 0.5) is 0 Å². The van der Waals surface area contributed by atoms with Gasteiger partial charge in [-0.15, -0.1) is 0 Å². The molecule has 2 heterocycles. The molecule has 4 heteroatoms. The predicted octanol–water partition coefficient (Wildman–Crippen LogP) is 2.14. The van der Waals surface area contributed by atoms with Crippen molar-refractivity contribution in [2.45, 2.75) is 44.9 Å². The molecule has 1 unspecified atom stereocenters. The molecule has 4 nitrogen and oxygen atoms in total. The van der Waals surface area contributed by atoms with Gasteiger partial charge in [0.15, 0.2) is 0 Å². The molecule has 1 aliphatic heterocycles. The molecule has 1 N–H and O–H groups in total. The van der Waals surface area contributed by atoms with Crippen LogP contribution in [0.3, 0.4) is 0 Å². The van der Waals surface area contributed by atoms with Crippen LogP contribution in [-0.2, 0) is 11.3 Å². The second-order valence-corrected chi connectivity index (χ2v) is 5.34. The number of ether oxygens (including phenoxy) is 2. The zero-order valence-corrected chi connectivity index (χ0v) is 11.4. The fourth-order valence-electron chi connectivity index (χ4n) is 2.33. The maximum Gasteiger partial charge on any atom is 0.217 e. The lowest BCUT2D eigenvalue weighted by atomic mass is 10.1. The molecule has 0 spiro atoms. The van der Waals surface area contributed by atoms with Crippen molar-refractivity contribution in [2.75, 3.05) is 13.7 Å². The lowest BCUT2D eigenvalue weighted by Crippen LogP contribution is -2.29. The minimum atomic E-state index is 0.0400. The summed E-state index contributed by atoms with van der Waals surface area (Å²) in [7, 11) is 1.65. The molecule has 1 atom stereocenters. The zero-order chi connectivity index (χ0) is 13.0. The molecule has 0 amide bonds. The minimum absolute atomic E-state index is 0.0400. The zero-order valence-electron chi connectivity index (χ0n) is 11.4. The van der Waals surface area contributed by atoms with E-state index in [2.05, 4.69) is 24.1 Å². The van der Waals surface area contributed by atoms with Crippen molar-refractivity contribution in [3.05, 3.63) is 23.9 Å². The molecular weight excluding hydrogens is 228 g/mol. The Morgan fingerprint density at radius 3 is 3.06 bits per heavy atom. The van der Waals surface area contributed by atoms with E-state index < -0.39 is 0 Å². The van der Waals surface area contributed by atoms with Crippen molar-refractivity contribution >= 4 is 0 Å². The van der Waals surface area contributed by atoms with E-state index in [0.29, 0.717) is 12.0 Å². The maximum atomic E-state index is 5.93. The van der Waals surface area contributed by atoms with Crippen LogP contribution in [0.2, 0.25) is 0 Å². The third-order valence-electron chi connectivity index (χ3n) is 3.28. The summed E-state index contributed by atoms with van der Waals surface area (Å²) in [5.74, 6) is 0.692. The SMILES string of the molecule is COc1ncccc1CNCC1CCC(C)(C)O1. The Hall–Kier alpha value is -1.13. The van der Waals surface area contributed by atoms with Gasteiger partial charge < -0.3 is 14.8 Å². The third kappa shape index (κ3) is 3.43. The number of pyridine rings is 1. The second-order valence-electron chi connectivity index (χ2n) is 5.34. The molecule has 0 aromatic carbocycles. The summed E-state index contributed by atoms with van der Waals surface area (Å²) in [6.45, 7) is 5.94. The van der Waals surface area contributed by atoms with Crippen LogP contribution in [0.1, 0.15) is 32.3 Å². The van der Waals surface area contributed by atoms with Gasteiger partial charge in [0.2, 0.25) is 5.88 Å². The Kier molecular flexibility index (Phi) is 4.19. The molecule has 18 heavy (non-hydrogen) atoms. The summed E-state index contributed by atoms with van der Waals surface area (Å²) in [5.41, 5.74) is 1.12. The van der Waals surface area contributed by atoms with Gasteiger partial charge in [-0.25, -0.2) is 4.98 Å². The number of nitrogens with zero attached hydrogens (tertiary/aromatic N) is 1. The Bertz CT molecular complexity index is 393. The van der Waals surface area contributed by atoms with Crippen LogP contribution in [0.5, 0.6) is 5.88 Å². The highest BCUT2D eigenvalue weighted by Crippen LogP contribution is 2.28. The molecule has 1 aromatic heterocycles. The van der Waals surface area contributed by atoms with E-state index in [4.69, 9.17) is 9.47 Å². The molecule has 0 aliphatic carbocycles. The minimum Gasteiger partial charge on any atom is -0.481 e. The summed E-state index contributed by atoms with van der Waals surface area (Å²) in [6, 6.07) is 3.95. The van der Waals surface area contributed by atoms with Crippen molar-refractivity contribution in [3.8, 4) is 5.88 Å². The van der Waals surface area contributed by atoms with Gasteiger partial charge in [-0.3, -0.25) is 0 Å². The standard InChI is InChI=1S/C14H22N2O2/c1-14(2)7-6-12(18-14)10-15-9-11-5-4-8-16-13(11)17-3/h4-5,8,12,15H,6-7,9-10H2,1-3H3. The highest BCUT2D eigenvalue weighted by atomic mass is 16.5. The molecule has 2 rings (SSSR count). The van der Waals surface area contributed by atoms with Crippen LogP contribution in [0.15, 0.2) is 18.3 Å². The highest BCUT2D eigenvalue weighted by molar-refractivity contribution is 5.24. The lowest BCUT2D eigenvalue weighted by Gasteiger charge is -2.19. The topological polar surface area (TPSA) is 43.4 Å². The van der Waals surface area contributed by atoms with Crippen LogP contribution in [-0.4, -0.2) is 30.3 Å². The van der Waals surface area contributed by atoms with Crippen molar-refractivity contribution < 1.29 is 9.47 Å². The first-order valence-electron chi connectivity index (χ1n) is 6.47. The Morgan fingerprint density at radius 2 is 2.39 bits per heavy atom. The number of aromatic nitrogens is 1. The van der Waals surface area contributed by atoms with Crippen molar-refractivity contribution in [1.29, 1.82) is 0 Å². The number of nitrogens with one attached hydrogen (secondary N) is 1. The molecule has 100 valence electrons. The van der Waals surface area contributed by atoms with E-state index in [0.717, 1.165) is 31.5 Å². The molecule has 1 aromatic rings. The normalized spacial score (nSPS) is 22.1. The van der Waals surface area contributed by atoms with Gasteiger partial charge in [-0.1, -0.05) is 6.07 Å². The number of rotatable bonds is 5. The average molecular weight is 250 g/mol. The van der Waals surface area contributed by atoms with Gasteiger partial charge in [-0.2, -0.15) is 0 Å². The predicted molar refractivity (Wildman–Crippen MR) is 70.7 cm³/mol. The first kappa shape index (κ1) is 13.3. The Labute approximate surface area is 109 Å². The van der Waals surface area contributed by atoms with E-state index in [1.807, 2.05) is 12.1 Å². The van der Waals surface area contributed by atoms with E-state index in [-0.39, 0.29) is 5.60 Å². The molecule has 1 aliphatic rings. The van der Waals surface area contributed by atoms with Gasteiger partial charge in [0.05, 0.1) is 18.8 Å².